The van der Waals surface area contributed by atoms with E-state index in [1.807, 2.05) is 32.0 Å². The number of rotatable bonds is 5. The van der Waals surface area contributed by atoms with Gasteiger partial charge < -0.3 is 15.6 Å². The largest absolute Gasteiger partial charge is 0.383 e. The summed E-state index contributed by atoms with van der Waals surface area (Å²) in [5.41, 5.74) is 9.35. The van der Waals surface area contributed by atoms with Crippen molar-refractivity contribution in [2.45, 2.75) is 26.4 Å². The van der Waals surface area contributed by atoms with Crippen LogP contribution in [0.3, 0.4) is 0 Å². The van der Waals surface area contributed by atoms with E-state index < -0.39 is 0 Å². The number of aromatic nitrogens is 5. The highest BCUT2D eigenvalue weighted by molar-refractivity contribution is 9.10. The standard InChI is InChI=1S/C21H20BrN7O/c1-12-8-16-17(28-19(12)23)9-18(27-16)21(30)29(11-15-5-4-14(22)10-26-15)13(2)20-24-6-3-7-25-20/h3-10,13,27H,11H2,1-2H3,(H2,23,28)/t13-/m1/s1. The number of nitrogens with one attached hydrogen (secondary N) is 1. The minimum atomic E-state index is -0.365. The summed E-state index contributed by atoms with van der Waals surface area (Å²) in [4.78, 5) is 35.8. The van der Waals surface area contributed by atoms with Crippen LogP contribution in [0.2, 0.25) is 0 Å². The summed E-state index contributed by atoms with van der Waals surface area (Å²) in [5.74, 6) is 0.800. The number of carbonyl (C=O) groups excluding carboxylic acids is 1. The van der Waals surface area contributed by atoms with E-state index in [0.29, 0.717) is 29.4 Å². The molecule has 0 aromatic carbocycles. The Kier molecular flexibility index (Phi) is 5.45. The highest BCUT2D eigenvalue weighted by Crippen LogP contribution is 2.24. The van der Waals surface area contributed by atoms with Crippen molar-refractivity contribution < 1.29 is 4.79 Å². The highest BCUT2D eigenvalue weighted by atomic mass is 79.9. The molecule has 0 spiro atoms. The van der Waals surface area contributed by atoms with Crippen LogP contribution in [-0.2, 0) is 6.54 Å². The van der Waals surface area contributed by atoms with Crippen molar-refractivity contribution in [1.82, 2.24) is 29.8 Å². The maximum atomic E-state index is 13.5. The van der Waals surface area contributed by atoms with Gasteiger partial charge in [0.2, 0.25) is 0 Å². The maximum absolute atomic E-state index is 13.5. The monoisotopic (exact) mass is 465 g/mol. The van der Waals surface area contributed by atoms with E-state index in [0.717, 1.165) is 21.2 Å². The molecule has 0 aliphatic rings. The lowest BCUT2D eigenvalue weighted by Crippen LogP contribution is -2.34. The molecule has 0 aliphatic carbocycles. The lowest BCUT2D eigenvalue weighted by Gasteiger charge is -2.27. The number of carbonyl (C=O) groups is 1. The number of nitrogens with two attached hydrogens (primary N) is 1. The Hall–Kier alpha value is -3.33. The number of halogens is 1. The van der Waals surface area contributed by atoms with Gasteiger partial charge in [0, 0.05) is 23.1 Å². The predicted octanol–water partition coefficient (Wildman–Crippen LogP) is 3.80. The summed E-state index contributed by atoms with van der Waals surface area (Å²) < 4.78 is 0.873. The Bertz CT molecular complexity index is 1150. The van der Waals surface area contributed by atoms with Crippen molar-refractivity contribution >= 4 is 38.7 Å². The Morgan fingerprint density at radius 3 is 2.70 bits per heavy atom. The van der Waals surface area contributed by atoms with Gasteiger partial charge in [-0.05, 0) is 65.7 Å². The van der Waals surface area contributed by atoms with Crippen LogP contribution in [0.15, 0.2) is 53.4 Å². The number of fused-ring (bicyclic) bond motifs is 1. The number of amides is 1. The van der Waals surface area contributed by atoms with E-state index in [1.54, 1.807) is 35.6 Å². The minimum Gasteiger partial charge on any atom is -0.383 e. The number of aromatic amines is 1. The molecular formula is C21H20BrN7O. The van der Waals surface area contributed by atoms with Gasteiger partial charge in [-0.1, -0.05) is 0 Å². The molecule has 0 saturated carbocycles. The molecule has 0 radical (unpaired) electrons. The molecule has 0 fully saturated rings. The van der Waals surface area contributed by atoms with Gasteiger partial charge in [0.25, 0.3) is 5.91 Å². The number of pyridine rings is 2. The van der Waals surface area contributed by atoms with Crippen LogP contribution in [0.25, 0.3) is 11.0 Å². The van der Waals surface area contributed by atoms with Crippen LogP contribution in [0.1, 0.15) is 40.5 Å². The first-order chi connectivity index (χ1) is 14.4. The fourth-order valence-corrected chi connectivity index (χ4v) is 3.40. The summed E-state index contributed by atoms with van der Waals surface area (Å²) in [6.07, 6.45) is 5.04. The molecule has 3 N–H and O–H groups in total. The minimum absolute atomic E-state index is 0.200. The Morgan fingerprint density at radius 2 is 2.00 bits per heavy atom. The lowest BCUT2D eigenvalue weighted by atomic mass is 10.2. The second-order valence-corrected chi connectivity index (χ2v) is 7.91. The van der Waals surface area contributed by atoms with E-state index in [1.165, 1.54) is 0 Å². The molecule has 4 rings (SSSR count). The van der Waals surface area contributed by atoms with Crippen LogP contribution < -0.4 is 5.73 Å². The van der Waals surface area contributed by atoms with Crippen LogP contribution in [0.4, 0.5) is 5.82 Å². The van der Waals surface area contributed by atoms with Crippen molar-refractivity contribution in [1.29, 1.82) is 0 Å². The SMILES string of the molecule is Cc1cc2[nH]c(C(=O)N(Cc3ccc(Br)cn3)[C@H](C)c3ncccn3)cc2nc1N. The topological polar surface area (TPSA) is 114 Å². The molecule has 0 bridgehead atoms. The van der Waals surface area contributed by atoms with Crippen molar-refractivity contribution in [3.8, 4) is 0 Å². The van der Waals surface area contributed by atoms with Gasteiger partial charge in [-0.15, -0.1) is 0 Å². The molecule has 0 saturated heterocycles. The van der Waals surface area contributed by atoms with E-state index in [4.69, 9.17) is 5.73 Å². The van der Waals surface area contributed by atoms with Gasteiger partial charge in [-0.25, -0.2) is 15.0 Å². The fourth-order valence-electron chi connectivity index (χ4n) is 3.17. The van der Waals surface area contributed by atoms with E-state index in [-0.39, 0.29) is 11.9 Å². The number of anilines is 1. The summed E-state index contributed by atoms with van der Waals surface area (Å²) >= 11 is 3.39. The molecule has 0 unspecified atom stereocenters. The number of H-pyrrole nitrogens is 1. The molecule has 30 heavy (non-hydrogen) atoms. The average molecular weight is 466 g/mol. The Balaban J connectivity index is 1.72. The van der Waals surface area contributed by atoms with Crippen LogP contribution >= 0.6 is 15.9 Å². The molecule has 4 aromatic heterocycles. The third-order valence-corrected chi connectivity index (χ3v) is 5.34. The normalized spacial score (nSPS) is 12.1. The quantitative estimate of drug-likeness (QED) is 0.463. The number of hydrogen-bond donors (Lipinski definition) is 2. The van der Waals surface area contributed by atoms with Crippen LogP contribution in [0.5, 0.6) is 0 Å². The third-order valence-electron chi connectivity index (χ3n) is 4.87. The van der Waals surface area contributed by atoms with Gasteiger partial charge in [0.15, 0.2) is 0 Å². The molecule has 0 aliphatic heterocycles. The number of aryl methyl sites for hydroxylation is 1. The number of hydrogen-bond acceptors (Lipinski definition) is 6. The van der Waals surface area contributed by atoms with E-state index in [9.17, 15) is 4.79 Å². The summed E-state index contributed by atoms with van der Waals surface area (Å²) in [6, 6.07) is 8.75. The smallest absolute Gasteiger partial charge is 0.271 e. The average Bonchev–Trinajstić information content (AvgIpc) is 3.16. The predicted molar refractivity (Wildman–Crippen MR) is 118 cm³/mol. The van der Waals surface area contributed by atoms with E-state index >= 15 is 0 Å². The van der Waals surface area contributed by atoms with Crippen molar-refractivity contribution in [2.24, 2.45) is 0 Å². The van der Waals surface area contributed by atoms with Gasteiger partial charge in [0.05, 0.1) is 29.3 Å². The van der Waals surface area contributed by atoms with Gasteiger partial charge in [-0.2, -0.15) is 0 Å². The summed E-state index contributed by atoms with van der Waals surface area (Å²) in [5, 5.41) is 0. The van der Waals surface area contributed by atoms with Gasteiger partial charge >= 0.3 is 0 Å². The molecule has 1 amide bonds. The zero-order valence-electron chi connectivity index (χ0n) is 16.5. The molecular weight excluding hydrogens is 446 g/mol. The molecule has 1 atom stereocenters. The van der Waals surface area contributed by atoms with Crippen molar-refractivity contribution in [2.75, 3.05) is 5.73 Å². The highest BCUT2D eigenvalue weighted by Gasteiger charge is 2.26. The number of nitrogen functional groups attached to an aromatic ring is 1. The van der Waals surface area contributed by atoms with Crippen LogP contribution in [0, 0.1) is 6.92 Å². The second kappa shape index (κ2) is 8.19. The van der Waals surface area contributed by atoms with Gasteiger partial charge in [-0.3, -0.25) is 9.78 Å². The first kappa shape index (κ1) is 20.0. The lowest BCUT2D eigenvalue weighted by molar-refractivity contribution is 0.0658. The molecule has 9 heteroatoms. The molecule has 4 heterocycles. The zero-order chi connectivity index (χ0) is 21.3. The first-order valence-corrected chi connectivity index (χ1v) is 10.2. The maximum Gasteiger partial charge on any atom is 0.271 e. The summed E-state index contributed by atoms with van der Waals surface area (Å²) in [6.45, 7) is 4.08. The second-order valence-electron chi connectivity index (χ2n) is 6.99. The Labute approximate surface area is 181 Å². The Morgan fingerprint density at radius 1 is 1.23 bits per heavy atom. The van der Waals surface area contributed by atoms with Gasteiger partial charge in [0.1, 0.15) is 17.3 Å². The van der Waals surface area contributed by atoms with Crippen molar-refractivity contribution in [3.63, 3.8) is 0 Å². The van der Waals surface area contributed by atoms with E-state index in [2.05, 4.69) is 40.8 Å². The first-order valence-electron chi connectivity index (χ1n) is 9.36. The van der Waals surface area contributed by atoms with Crippen LogP contribution in [-0.4, -0.2) is 35.7 Å². The molecule has 8 nitrogen and oxygen atoms in total. The third kappa shape index (κ3) is 4.02. The fraction of sp³-hybridized carbons (Fsp3) is 0.190. The number of nitrogens with zero attached hydrogens (tertiary/aromatic N) is 5. The summed E-state index contributed by atoms with van der Waals surface area (Å²) in [7, 11) is 0. The molecule has 152 valence electrons. The molecule has 4 aromatic rings. The van der Waals surface area contributed by atoms with Crippen molar-refractivity contribution in [3.05, 3.63) is 76.2 Å². The zero-order valence-corrected chi connectivity index (χ0v) is 18.1.